The topological polar surface area (TPSA) is 32.3 Å². The van der Waals surface area contributed by atoms with Crippen molar-refractivity contribution in [3.05, 3.63) is 11.6 Å². The highest BCUT2D eigenvalue weighted by molar-refractivity contribution is 5.84. The Morgan fingerprint density at radius 2 is 2.27 bits per heavy atom. The van der Waals surface area contributed by atoms with E-state index in [-0.39, 0.29) is 11.9 Å². The van der Waals surface area contributed by atoms with E-state index in [0.717, 1.165) is 19.5 Å². The molecule has 1 N–H and O–H groups in total. The van der Waals surface area contributed by atoms with E-state index in [2.05, 4.69) is 39.1 Å². The number of likely N-dealkylation sites (tertiary alicyclic amines) is 1. The second kappa shape index (κ2) is 5.31. The van der Waals surface area contributed by atoms with Gasteiger partial charge in [-0.1, -0.05) is 25.5 Å². The van der Waals surface area contributed by atoms with Crippen LogP contribution in [0, 0.1) is 0 Å². The van der Waals surface area contributed by atoms with Crippen LogP contribution in [-0.4, -0.2) is 36.0 Å². The van der Waals surface area contributed by atoms with Gasteiger partial charge in [-0.05, 0) is 20.3 Å². The quantitative estimate of drug-likeness (QED) is 0.714. The average Bonchev–Trinajstić information content (AvgIpc) is 2.44. The third-order valence-electron chi connectivity index (χ3n) is 2.55. The van der Waals surface area contributed by atoms with E-state index in [9.17, 15) is 4.79 Å². The largest absolute Gasteiger partial charge is 0.338 e. The molecule has 3 heteroatoms. The maximum absolute atomic E-state index is 11.9. The Bertz CT molecular complexity index is 254. The Labute approximate surface area is 92.5 Å². The summed E-state index contributed by atoms with van der Waals surface area (Å²) < 4.78 is 0. The van der Waals surface area contributed by atoms with Crippen LogP contribution < -0.4 is 5.32 Å². The smallest absolute Gasteiger partial charge is 0.240 e. The first kappa shape index (κ1) is 12.2. The summed E-state index contributed by atoms with van der Waals surface area (Å²) in [5.74, 6) is 0.251. The van der Waals surface area contributed by atoms with Gasteiger partial charge in [-0.2, -0.15) is 0 Å². The lowest BCUT2D eigenvalue weighted by atomic mass is 10.2. The zero-order valence-electron chi connectivity index (χ0n) is 10.2. The molecule has 86 valence electrons. The molecule has 0 bridgehead atoms. The van der Waals surface area contributed by atoms with E-state index in [1.807, 2.05) is 4.90 Å². The molecule has 0 aromatic heterocycles. The van der Waals surface area contributed by atoms with Gasteiger partial charge in [0, 0.05) is 19.1 Å². The van der Waals surface area contributed by atoms with Crippen molar-refractivity contribution in [3.8, 4) is 0 Å². The Kier molecular flexibility index (Phi) is 4.33. The van der Waals surface area contributed by atoms with Crippen molar-refractivity contribution in [3.63, 3.8) is 0 Å². The molecule has 1 unspecified atom stereocenters. The van der Waals surface area contributed by atoms with Crippen molar-refractivity contribution in [1.29, 1.82) is 0 Å². The summed E-state index contributed by atoms with van der Waals surface area (Å²) in [5.41, 5.74) is 1.27. The summed E-state index contributed by atoms with van der Waals surface area (Å²) in [7, 11) is 0. The number of hydrogen-bond acceptors (Lipinski definition) is 2. The van der Waals surface area contributed by atoms with Gasteiger partial charge in [-0.15, -0.1) is 0 Å². The number of hydrogen-bond donors (Lipinski definition) is 1. The van der Waals surface area contributed by atoms with Gasteiger partial charge in [-0.25, -0.2) is 0 Å². The summed E-state index contributed by atoms with van der Waals surface area (Å²) in [6.45, 7) is 9.91. The SMILES string of the molecule is CC(C)=CCN1CCC(NC(C)C)C1=O. The molecule has 1 saturated heterocycles. The summed E-state index contributed by atoms with van der Waals surface area (Å²) >= 11 is 0. The molecule has 3 nitrogen and oxygen atoms in total. The molecule has 0 aromatic rings. The second-order valence-corrected chi connectivity index (χ2v) is 4.73. The predicted octanol–water partition coefficient (Wildman–Crippen LogP) is 1.55. The first-order valence-electron chi connectivity index (χ1n) is 5.69. The monoisotopic (exact) mass is 210 g/mol. The van der Waals surface area contributed by atoms with E-state index in [1.165, 1.54) is 5.57 Å². The molecule has 1 aliphatic heterocycles. The van der Waals surface area contributed by atoms with E-state index < -0.39 is 0 Å². The van der Waals surface area contributed by atoms with Gasteiger partial charge in [0.15, 0.2) is 0 Å². The van der Waals surface area contributed by atoms with Crippen molar-refractivity contribution in [1.82, 2.24) is 10.2 Å². The van der Waals surface area contributed by atoms with Crippen LogP contribution in [0.4, 0.5) is 0 Å². The minimum atomic E-state index is 0.0376. The molecular formula is C12H22N2O. The first-order chi connectivity index (χ1) is 7.00. The maximum Gasteiger partial charge on any atom is 0.240 e. The standard InChI is InChI=1S/C12H22N2O/c1-9(2)5-7-14-8-6-11(12(14)15)13-10(3)4/h5,10-11,13H,6-8H2,1-4H3. The fourth-order valence-electron chi connectivity index (χ4n) is 1.77. The normalized spacial score (nSPS) is 21.3. The van der Waals surface area contributed by atoms with Crippen LogP contribution in [-0.2, 0) is 4.79 Å². The van der Waals surface area contributed by atoms with Gasteiger partial charge in [0.1, 0.15) is 0 Å². The Balaban J connectivity index is 2.45. The molecule has 0 radical (unpaired) electrons. The summed E-state index contributed by atoms with van der Waals surface area (Å²) in [6, 6.07) is 0.415. The van der Waals surface area contributed by atoms with Gasteiger partial charge in [0.05, 0.1) is 6.04 Å². The minimum absolute atomic E-state index is 0.0376. The second-order valence-electron chi connectivity index (χ2n) is 4.73. The molecule has 1 aliphatic rings. The molecular weight excluding hydrogens is 188 g/mol. The molecule has 1 amide bonds. The van der Waals surface area contributed by atoms with Crippen LogP contribution in [0.5, 0.6) is 0 Å². The van der Waals surface area contributed by atoms with Gasteiger partial charge in [-0.3, -0.25) is 4.79 Å². The number of carbonyl (C=O) groups excluding carboxylic acids is 1. The Morgan fingerprint density at radius 3 is 2.80 bits per heavy atom. The number of amides is 1. The van der Waals surface area contributed by atoms with Crippen LogP contribution in [0.3, 0.4) is 0 Å². The third-order valence-corrected chi connectivity index (χ3v) is 2.55. The zero-order chi connectivity index (χ0) is 11.4. The van der Waals surface area contributed by atoms with Crippen LogP contribution >= 0.6 is 0 Å². The molecule has 0 aliphatic carbocycles. The molecule has 1 atom stereocenters. The average molecular weight is 210 g/mol. The van der Waals surface area contributed by atoms with Crippen LogP contribution in [0.1, 0.15) is 34.1 Å². The van der Waals surface area contributed by atoms with Gasteiger partial charge in [0.25, 0.3) is 0 Å². The third kappa shape index (κ3) is 3.67. The molecule has 15 heavy (non-hydrogen) atoms. The summed E-state index contributed by atoms with van der Waals surface area (Å²) in [5, 5.41) is 3.30. The Hall–Kier alpha value is -0.830. The van der Waals surface area contributed by atoms with Crippen LogP contribution in [0.15, 0.2) is 11.6 Å². The van der Waals surface area contributed by atoms with E-state index >= 15 is 0 Å². The lowest BCUT2D eigenvalue weighted by molar-refractivity contribution is -0.129. The van der Waals surface area contributed by atoms with Crippen molar-refractivity contribution in [2.75, 3.05) is 13.1 Å². The van der Waals surface area contributed by atoms with Crippen LogP contribution in [0.25, 0.3) is 0 Å². The number of nitrogens with one attached hydrogen (secondary N) is 1. The lowest BCUT2D eigenvalue weighted by Gasteiger charge is -2.17. The number of allylic oxidation sites excluding steroid dienone is 1. The summed E-state index contributed by atoms with van der Waals surface area (Å²) in [4.78, 5) is 13.8. The van der Waals surface area contributed by atoms with E-state index in [1.54, 1.807) is 0 Å². The summed E-state index contributed by atoms with van der Waals surface area (Å²) in [6.07, 6.45) is 3.04. The highest BCUT2D eigenvalue weighted by Crippen LogP contribution is 2.11. The molecule has 1 fully saturated rings. The van der Waals surface area contributed by atoms with Crippen molar-refractivity contribution < 1.29 is 4.79 Å². The van der Waals surface area contributed by atoms with Gasteiger partial charge in [0.2, 0.25) is 5.91 Å². The highest BCUT2D eigenvalue weighted by atomic mass is 16.2. The first-order valence-corrected chi connectivity index (χ1v) is 5.69. The zero-order valence-corrected chi connectivity index (χ0v) is 10.2. The Morgan fingerprint density at radius 1 is 1.60 bits per heavy atom. The fraction of sp³-hybridized carbons (Fsp3) is 0.750. The van der Waals surface area contributed by atoms with Crippen molar-refractivity contribution in [2.24, 2.45) is 0 Å². The van der Waals surface area contributed by atoms with Gasteiger partial charge >= 0.3 is 0 Å². The molecule has 0 spiro atoms. The van der Waals surface area contributed by atoms with Crippen molar-refractivity contribution in [2.45, 2.75) is 46.2 Å². The number of nitrogens with zero attached hydrogens (tertiary/aromatic N) is 1. The maximum atomic E-state index is 11.9. The fourth-order valence-corrected chi connectivity index (χ4v) is 1.77. The van der Waals surface area contributed by atoms with Gasteiger partial charge < -0.3 is 10.2 Å². The minimum Gasteiger partial charge on any atom is -0.338 e. The lowest BCUT2D eigenvalue weighted by Crippen LogP contribution is -2.41. The molecule has 0 saturated carbocycles. The molecule has 1 rings (SSSR count). The van der Waals surface area contributed by atoms with Crippen molar-refractivity contribution >= 4 is 5.91 Å². The highest BCUT2D eigenvalue weighted by Gasteiger charge is 2.30. The predicted molar refractivity (Wildman–Crippen MR) is 62.7 cm³/mol. The number of rotatable bonds is 4. The van der Waals surface area contributed by atoms with Crippen LogP contribution in [0.2, 0.25) is 0 Å². The van der Waals surface area contributed by atoms with E-state index in [0.29, 0.717) is 6.04 Å². The van der Waals surface area contributed by atoms with E-state index in [4.69, 9.17) is 0 Å². The molecule has 1 heterocycles. The number of carbonyl (C=O) groups is 1. The molecule has 0 aromatic carbocycles.